The van der Waals surface area contributed by atoms with Crippen LogP contribution in [0, 0.1) is 0 Å². The second-order valence-electron chi connectivity index (χ2n) is 5.17. The summed E-state index contributed by atoms with van der Waals surface area (Å²) >= 11 is 0. The van der Waals surface area contributed by atoms with Crippen molar-refractivity contribution in [2.24, 2.45) is 0 Å². The van der Waals surface area contributed by atoms with Crippen LogP contribution < -0.4 is 0 Å². The van der Waals surface area contributed by atoms with E-state index in [1.807, 2.05) is 76.2 Å². The average molecular weight is 285 g/mol. The summed E-state index contributed by atoms with van der Waals surface area (Å²) in [4.78, 5) is 9.31. The maximum absolute atomic E-state index is 4.72. The number of benzene rings is 2. The Labute approximate surface area is 125 Å². The first kappa shape index (κ1) is 11.4. The molecular weight excluding hydrogens is 274 g/mol. The SMILES string of the molecule is c1ccc(-n2ncc3c2ncn2c4ccccc4nc32)cc1. The van der Waals surface area contributed by atoms with Gasteiger partial charge in [-0.05, 0) is 24.3 Å². The molecule has 0 saturated carbocycles. The normalized spacial score (nSPS) is 11.6. The topological polar surface area (TPSA) is 48.0 Å². The van der Waals surface area contributed by atoms with Crippen LogP contribution in [-0.4, -0.2) is 24.1 Å². The van der Waals surface area contributed by atoms with Crippen LogP contribution in [0.4, 0.5) is 0 Å². The van der Waals surface area contributed by atoms with Crippen LogP contribution in [0.5, 0.6) is 0 Å². The minimum absolute atomic E-state index is 0.814. The van der Waals surface area contributed by atoms with Crippen molar-refractivity contribution in [2.45, 2.75) is 0 Å². The van der Waals surface area contributed by atoms with Gasteiger partial charge < -0.3 is 0 Å². The van der Waals surface area contributed by atoms with Gasteiger partial charge in [0.1, 0.15) is 6.33 Å². The van der Waals surface area contributed by atoms with Crippen LogP contribution in [0.25, 0.3) is 33.4 Å². The molecule has 0 N–H and O–H groups in total. The maximum Gasteiger partial charge on any atom is 0.168 e. The second-order valence-corrected chi connectivity index (χ2v) is 5.17. The molecule has 5 nitrogen and oxygen atoms in total. The monoisotopic (exact) mass is 285 g/mol. The zero-order valence-electron chi connectivity index (χ0n) is 11.6. The lowest BCUT2D eigenvalue weighted by atomic mass is 10.3. The van der Waals surface area contributed by atoms with E-state index in [0.717, 1.165) is 33.4 Å². The highest BCUT2D eigenvalue weighted by molar-refractivity contribution is 5.94. The zero-order chi connectivity index (χ0) is 14.5. The standard InChI is InChI=1S/C17H11N5/c1-2-6-12(7-3-1)22-16-13(10-19-22)17-20-14-8-4-5-9-15(14)21(17)11-18-16/h1-11H. The van der Waals surface area contributed by atoms with Gasteiger partial charge in [0.25, 0.3) is 0 Å². The number of hydrogen-bond donors (Lipinski definition) is 0. The smallest absolute Gasteiger partial charge is 0.168 e. The molecule has 0 bridgehead atoms. The van der Waals surface area contributed by atoms with Gasteiger partial charge in [0.2, 0.25) is 0 Å². The maximum atomic E-state index is 4.72. The summed E-state index contributed by atoms with van der Waals surface area (Å²) in [6.07, 6.45) is 3.64. The van der Waals surface area contributed by atoms with Gasteiger partial charge in [0, 0.05) is 0 Å². The highest BCUT2D eigenvalue weighted by Gasteiger charge is 2.13. The van der Waals surface area contributed by atoms with Crippen molar-refractivity contribution in [2.75, 3.05) is 0 Å². The Morgan fingerprint density at radius 1 is 0.818 bits per heavy atom. The molecule has 5 heteroatoms. The first-order valence-electron chi connectivity index (χ1n) is 7.07. The summed E-state index contributed by atoms with van der Waals surface area (Å²) in [5.41, 5.74) is 4.71. The average Bonchev–Trinajstić information content (AvgIpc) is 3.16. The lowest BCUT2D eigenvalue weighted by Gasteiger charge is -2.02. The van der Waals surface area contributed by atoms with Crippen molar-refractivity contribution in [3.63, 3.8) is 0 Å². The summed E-state index contributed by atoms with van der Waals surface area (Å²) in [7, 11) is 0. The Bertz CT molecular complexity index is 1120. The molecular formula is C17H11N5. The minimum atomic E-state index is 0.814. The quantitative estimate of drug-likeness (QED) is 0.475. The van der Waals surface area contributed by atoms with E-state index in [-0.39, 0.29) is 0 Å². The van der Waals surface area contributed by atoms with Crippen molar-refractivity contribution in [3.05, 3.63) is 67.1 Å². The second kappa shape index (κ2) is 4.14. The van der Waals surface area contributed by atoms with Gasteiger partial charge >= 0.3 is 0 Å². The predicted molar refractivity (Wildman–Crippen MR) is 85.1 cm³/mol. The van der Waals surface area contributed by atoms with Crippen LogP contribution in [0.3, 0.4) is 0 Å². The summed E-state index contributed by atoms with van der Waals surface area (Å²) in [6.45, 7) is 0. The molecule has 0 unspecified atom stereocenters. The fourth-order valence-electron chi connectivity index (χ4n) is 2.85. The summed E-state index contributed by atoms with van der Waals surface area (Å²) in [5, 5.41) is 5.43. The Kier molecular flexibility index (Phi) is 2.16. The molecule has 104 valence electrons. The Hall–Kier alpha value is -3.21. The van der Waals surface area contributed by atoms with Crippen LogP contribution in [0.2, 0.25) is 0 Å². The molecule has 0 fully saturated rings. The predicted octanol–water partition coefficient (Wildman–Crippen LogP) is 3.22. The zero-order valence-corrected chi connectivity index (χ0v) is 11.6. The lowest BCUT2D eigenvalue weighted by molar-refractivity contribution is 0.894. The Morgan fingerprint density at radius 2 is 1.64 bits per heavy atom. The highest BCUT2D eigenvalue weighted by atomic mass is 15.3. The van der Waals surface area contributed by atoms with Crippen molar-refractivity contribution in [1.29, 1.82) is 0 Å². The van der Waals surface area contributed by atoms with Crippen molar-refractivity contribution in [3.8, 4) is 5.69 Å². The van der Waals surface area contributed by atoms with Gasteiger partial charge in [-0.1, -0.05) is 30.3 Å². The van der Waals surface area contributed by atoms with Gasteiger partial charge in [-0.3, -0.25) is 4.40 Å². The van der Waals surface area contributed by atoms with E-state index >= 15 is 0 Å². The molecule has 0 spiro atoms. The number of fused-ring (bicyclic) bond motifs is 5. The molecule has 0 saturated heterocycles. The fourth-order valence-corrected chi connectivity index (χ4v) is 2.85. The number of imidazole rings is 1. The van der Waals surface area contributed by atoms with Crippen molar-refractivity contribution < 1.29 is 0 Å². The molecule has 3 heterocycles. The van der Waals surface area contributed by atoms with Crippen molar-refractivity contribution >= 4 is 27.7 Å². The van der Waals surface area contributed by atoms with E-state index in [1.54, 1.807) is 0 Å². The molecule has 3 aromatic heterocycles. The molecule has 2 aromatic carbocycles. The van der Waals surface area contributed by atoms with Crippen LogP contribution in [0.15, 0.2) is 67.1 Å². The third kappa shape index (κ3) is 1.45. The third-order valence-corrected chi connectivity index (χ3v) is 3.88. The largest absolute Gasteiger partial charge is 0.282 e. The molecule has 0 radical (unpaired) electrons. The first-order valence-corrected chi connectivity index (χ1v) is 7.07. The number of para-hydroxylation sites is 3. The lowest BCUT2D eigenvalue weighted by Crippen LogP contribution is -1.98. The van der Waals surface area contributed by atoms with E-state index in [4.69, 9.17) is 4.98 Å². The summed E-state index contributed by atoms with van der Waals surface area (Å²) in [5.74, 6) is 0. The number of hydrogen-bond acceptors (Lipinski definition) is 3. The molecule has 0 aliphatic carbocycles. The number of aromatic nitrogens is 5. The van der Waals surface area contributed by atoms with Gasteiger partial charge in [-0.15, -0.1) is 0 Å². The van der Waals surface area contributed by atoms with Gasteiger partial charge in [0.05, 0.1) is 28.3 Å². The van der Waals surface area contributed by atoms with Crippen LogP contribution in [0.1, 0.15) is 0 Å². The van der Waals surface area contributed by atoms with Crippen molar-refractivity contribution in [1.82, 2.24) is 24.1 Å². The van der Waals surface area contributed by atoms with E-state index < -0.39 is 0 Å². The molecule has 0 amide bonds. The fraction of sp³-hybridized carbons (Fsp3) is 0. The molecule has 22 heavy (non-hydrogen) atoms. The summed E-state index contributed by atoms with van der Waals surface area (Å²) < 4.78 is 3.85. The molecule has 5 aromatic rings. The molecule has 0 aliphatic rings. The minimum Gasteiger partial charge on any atom is -0.282 e. The summed E-state index contributed by atoms with van der Waals surface area (Å²) in [6, 6.07) is 18.1. The van der Waals surface area contributed by atoms with Gasteiger partial charge in [-0.2, -0.15) is 5.10 Å². The van der Waals surface area contributed by atoms with E-state index in [1.165, 1.54) is 0 Å². The molecule has 0 aliphatic heterocycles. The third-order valence-electron chi connectivity index (χ3n) is 3.88. The number of rotatable bonds is 1. The number of nitrogens with zero attached hydrogens (tertiary/aromatic N) is 5. The molecule has 5 rings (SSSR count). The van der Waals surface area contributed by atoms with E-state index in [9.17, 15) is 0 Å². The van der Waals surface area contributed by atoms with E-state index in [0.29, 0.717) is 0 Å². The Balaban J connectivity index is 1.89. The van der Waals surface area contributed by atoms with Gasteiger partial charge in [0.15, 0.2) is 11.3 Å². The van der Waals surface area contributed by atoms with Gasteiger partial charge in [-0.25, -0.2) is 14.6 Å². The Morgan fingerprint density at radius 3 is 2.55 bits per heavy atom. The highest BCUT2D eigenvalue weighted by Crippen LogP contribution is 2.23. The van der Waals surface area contributed by atoms with E-state index in [2.05, 4.69) is 10.1 Å². The molecule has 0 atom stereocenters. The first-order chi connectivity index (χ1) is 10.9. The van der Waals surface area contributed by atoms with Crippen LogP contribution >= 0.6 is 0 Å². The van der Waals surface area contributed by atoms with Crippen LogP contribution in [-0.2, 0) is 0 Å².